The Kier molecular flexibility index (Phi) is 4.16. The van der Waals surface area contributed by atoms with Crippen LogP contribution >= 0.6 is 11.6 Å². The standard InChI is InChI=1S/C12H17ClN2O/c13-11-8-15-6-3-10(11)7-12(16)9-1-4-14-5-2-9/h3,6,8-9,12,14,16H,1-2,4-5,7H2. The summed E-state index contributed by atoms with van der Waals surface area (Å²) in [6.45, 7) is 2.01. The van der Waals surface area contributed by atoms with E-state index in [1.165, 1.54) is 0 Å². The molecule has 2 heterocycles. The maximum absolute atomic E-state index is 10.1. The molecule has 16 heavy (non-hydrogen) atoms. The molecule has 4 heteroatoms. The molecule has 1 saturated heterocycles. The molecule has 0 bridgehead atoms. The second-order valence-corrected chi connectivity index (χ2v) is 4.73. The van der Waals surface area contributed by atoms with Crippen molar-refractivity contribution in [1.82, 2.24) is 10.3 Å². The maximum atomic E-state index is 10.1. The highest BCUT2D eigenvalue weighted by Crippen LogP contribution is 2.22. The lowest BCUT2D eigenvalue weighted by Crippen LogP contribution is -2.35. The predicted molar refractivity (Wildman–Crippen MR) is 64.6 cm³/mol. The van der Waals surface area contributed by atoms with Gasteiger partial charge in [-0.25, -0.2) is 0 Å². The number of aromatic nitrogens is 1. The number of nitrogens with one attached hydrogen (secondary N) is 1. The molecular weight excluding hydrogens is 224 g/mol. The number of rotatable bonds is 3. The molecule has 0 aliphatic carbocycles. The summed E-state index contributed by atoms with van der Waals surface area (Å²) in [7, 11) is 0. The third kappa shape index (κ3) is 2.94. The Bertz CT molecular complexity index is 340. The number of halogens is 1. The average molecular weight is 241 g/mol. The van der Waals surface area contributed by atoms with Gasteiger partial charge in [0.05, 0.1) is 11.1 Å². The fraction of sp³-hybridized carbons (Fsp3) is 0.583. The first-order valence-electron chi connectivity index (χ1n) is 5.74. The molecule has 0 amide bonds. The summed E-state index contributed by atoms with van der Waals surface area (Å²) in [6, 6.07) is 1.88. The van der Waals surface area contributed by atoms with E-state index in [0.29, 0.717) is 17.4 Å². The summed E-state index contributed by atoms with van der Waals surface area (Å²) in [5.74, 6) is 0.394. The van der Waals surface area contributed by atoms with Gasteiger partial charge in [0, 0.05) is 18.8 Å². The Hall–Kier alpha value is -0.640. The van der Waals surface area contributed by atoms with E-state index in [4.69, 9.17) is 11.6 Å². The van der Waals surface area contributed by atoms with Gasteiger partial charge in [-0.1, -0.05) is 11.6 Å². The zero-order valence-electron chi connectivity index (χ0n) is 9.19. The molecule has 3 nitrogen and oxygen atoms in total. The molecule has 2 rings (SSSR count). The summed E-state index contributed by atoms with van der Waals surface area (Å²) in [4.78, 5) is 3.94. The molecular formula is C12H17ClN2O. The fourth-order valence-corrected chi connectivity index (χ4v) is 2.39. The van der Waals surface area contributed by atoms with Gasteiger partial charge >= 0.3 is 0 Å². The Balaban J connectivity index is 1.96. The zero-order chi connectivity index (χ0) is 11.4. The molecule has 88 valence electrons. The molecule has 1 unspecified atom stereocenters. The highest BCUT2D eigenvalue weighted by atomic mass is 35.5. The van der Waals surface area contributed by atoms with Gasteiger partial charge in [0.1, 0.15) is 0 Å². The Morgan fingerprint density at radius 1 is 1.50 bits per heavy atom. The van der Waals surface area contributed by atoms with Crippen LogP contribution in [0.25, 0.3) is 0 Å². The van der Waals surface area contributed by atoms with Crippen LogP contribution in [0.2, 0.25) is 5.02 Å². The van der Waals surface area contributed by atoms with Crippen molar-refractivity contribution in [3.05, 3.63) is 29.0 Å². The van der Waals surface area contributed by atoms with Gasteiger partial charge in [-0.3, -0.25) is 4.98 Å². The van der Waals surface area contributed by atoms with E-state index < -0.39 is 0 Å². The number of piperidine rings is 1. The molecule has 1 fully saturated rings. The van der Waals surface area contributed by atoms with E-state index in [9.17, 15) is 5.11 Å². The highest BCUT2D eigenvalue weighted by molar-refractivity contribution is 6.31. The number of aliphatic hydroxyl groups excluding tert-OH is 1. The van der Waals surface area contributed by atoms with Crippen LogP contribution in [0.15, 0.2) is 18.5 Å². The smallest absolute Gasteiger partial charge is 0.0622 e. The number of hydrogen-bond acceptors (Lipinski definition) is 3. The molecule has 1 atom stereocenters. The van der Waals surface area contributed by atoms with Crippen molar-refractivity contribution in [1.29, 1.82) is 0 Å². The number of hydrogen-bond donors (Lipinski definition) is 2. The third-order valence-electron chi connectivity index (χ3n) is 3.21. The fourth-order valence-electron chi connectivity index (χ4n) is 2.19. The molecule has 1 aliphatic heterocycles. The topological polar surface area (TPSA) is 45.2 Å². The van der Waals surface area contributed by atoms with E-state index >= 15 is 0 Å². The first-order valence-corrected chi connectivity index (χ1v) is 6.12. The van der Waals surface area contributed by atoms with Gasteiger partial charge in [0.25, 0.3) is 0 Å². The predicted octanol–water partition coefficient (Wildman–Crippen LogP) is 1.64. The minimum atomic E-state index is -0.290. The van der Waals surface area contributed by atoms with Crippen LogP contribution in [-0.2, 0) is 6.42 Å². The van der Waals surface area contributed by atoms with Crippen molar-refractivity contribution < 1.29 is 5.11 Å². The van der Waals surface area contributed by atoms with Crippen LogP contribution in [0.3, 0.4) is 0 Å². The van der Waals surface area contributed by atoms with Gasteiger partial charge < -0.3 is 10.4 Å². The molecule has 0 saturated carbocycles. The number of nitrogens with zero attached hydrogens (tertiary/aromatic N) is 1. The van der Waals surface area contributed by atoms with E-state index in [2.05, 4.69) is 10.3 Å². The monoisotopic (exact) mass is 240 g/mol. The molecule has 0 aromatic carbocycles. The summed E-state index contributed by atoms with van der Waals surface area (Å²) in [6.07, 6.45) is 5.78. The van der Waals surface area contributed by atoms with Crippen molar-refractivity contribution in [2.24, 2.45) is 5.92 Å². The van der Waals surface area contributed by atoms with E-state index in [-0.39, 0.29) is 6.10 Å². The van der Waals surface area contributed by atoms with Gasteiger partial charge in [-0.2, -0.15) is 0 Å². The minimum absolute atomic E-state index is 0.290. The summed E-state index contributed by atoms with van der Waals surface area (Å²) < 4.78 is 0. The SMILES string of the molecule is OC(Cc1ccncc1Cl)C1CCNCC1. The van der Waals surface area contributed by atoms with Crippen LogP contribution in [0.5, 0.6) is 0 Å². The lowest BCUT2D eigenvalue weighted by atomic mass is 9.89. The minimum Gasteiger partial charge on any atom is -0.392 e. The van der Waals surface area contributed by atoms with Crippen molar-refractivity contribution in [2.75, 3.05) is 13.1 Å². The van der Waals surface area contributed by atoms with Crippen molar-refractivity contribution >= 4 is 11.6 Å². The van der Waals surface area contributed by atoms with Crippen molar-refractivity contribution in [3.8, 4) is 0 Å². The van der Waals surface area contributed by atoms with Gasteiger partial charge in [0.2, 0.25) is 0 Å². The third-order valence-corrected chi connectivity index (χ3v) is 3.55. The average Bonchev–Trinajstić information content (AvgIpc) is 2.33. The summed E-state index contributed by atoms with van der Waals surface area (Å²) in [5, 5.41) is 14.1. The van der Waals surface area contributed by atoms with Gasteiger partial charge in [0.15, 0.2) is 0 Å². The van der Waals surface area contributed by atoms with Gasteiger partial charge in [-0.05, 0) is 43.5 Å². The molecule has 1 aromatic heterocycles. The van der Waals surface area contributed by atoms with Crippen molar-refractivity contribution in [2.45, 2.75) is 25.4 Å². The van der Waals surface area contributed by atoms with Crippen LogP contribution < -0.4 is 5.32 Å². The second kappa shape index (κ2) is 5.62. The Morgan fingerprint density at radius 2 is 2.25 bits per heavy atom. The maximum Gasteiger partial charge on any atom is 0.0622 e. The van der Waals surface area contributed by atoms with Gasteiger partial charge in [-0.15, -0.1) is 0 Å². The Morgan fingerprint density at radius 3 is 2.94 bits per heavy atom. The number of aliphatic hydroxyl groups is 1. The largest absolute Gasteiger partial charge is 0.392 e. The molecule has 1 aromatic rings. The quantitative estimate of drug-likeness (QED) is 0.844. The van der Waals surface area contributed by atoms with Crippen LogP contribution in [0, 0.1) is 5.92 Å². The lowest BCUT2D eigenvalue weighted by molar-refractivity contribution is 0.0891. The molecule has 2 N–H and O–H groups in total. The van der Waals surface area contributed by atoms with E-state index in [1.54, 1.807) is 12.4 Å². The molecule has 1 aliphatic rings. The zero-order valence-corrected chi connectivity index (χ0v) is 9.95. The summed E-state index contributed by atoms with van der Waals surface area (Å²) >= 11 is 6.02. The highest BCUT2D eigenvalue weighted by Gasteiger charge is 2.22. The first-order chi connectivity index (χ1) is 7.77. The molecule has 0 spiro atoms. The van der Waals surface area contributed by atoms with E-state index in [1.807, 2.05) is 6.07 Å². The lowest BCUT2D eigenvalue weighted by Gasteiger charge is -2.27. The van der Waals surface area contributed by atoms with Crippen LogP contribution in [-0.4, -0.2) is 29.3 Å². The summed E-state index contributed by atoms with van der Waals surface area (Å²) in [5.41, 5.74) is 0.989. The van der Waals surface area contributed by atoms with Crippen LogP contribution in [0.1, 0.15) is 18.4 Å². The molecule has 0 radical (unpaired) electrons. The van der Waals surface area contributed by atoms with E-state index in [0.717, 1.165) is 31.5 Å². The Labute approximate surface area is 101 Å². The van der Waals surface area contributed by atoms with Crippen LogP contribution in [0.4, 0.5) is 0 Å². The normalized spacial score (nSPS) is 19.6. The number of pyridine rings is 1. The van der Waals surface area contributed by atoms with Crippen molar-refractivity contribution in [3.63, 3.8) is 0 Å². The second-order valence-electron chi connectivity index (χ2n) is 4.33. The first kappa shape index (κ1) is 11.8.